The van der Waals surface area contributed by atoms with E-state index in [1.807, 2.05) is 26.8 Å². The van der Waals surface area contributed by atoms with Crippen molar-refractivity contribution < 1.29 is 18.0 Å². The second-order valence-corrected chi connectivity index (χ2v) is 11.2. The molecule has 1 atom stereocenters. The van der Waals surface area contributed by atoms with Gasteiger partial charge in [-0.3, -0.25) is 13.9 Å². The second kappa shape index (κ2) is 11.9. The number of anilines is 1. The lowest BCUT2D eigenvalue weighted by Crippen LogP contribution is -2.53. The number of aryl methyl sites for hydroxylation is 1. The van der Waals surface area contributed by atoms with Crippen molar-refractivity contribution >= 4 is 50.7 Å². The van der Waals surface area contributed by atoms with Gasteiger partial charge in [0.15, 0.2) is 0 Å². The maximum Gasteiger partial charge on any atom is 0.244 e. The molecule has 0 aliphatic heterocycles. The highest BCUT2D eigenvalue weighted by Crippen LogP contribution is 2.25. The Morgan fingerprint density at radius 2 is 1.74 bits per heavy atom. The van der Waals surface area contributed by atoms with Crippen molar-refractivity contribution in [3.05, 3.63) is 63.6 Å². The number of halogens is 2. The molecule has 0 aromatic heterocycles. The zero-order valence-electron chi connectivity index (χ0n) is 20.0. The molecule has 0 aliphatic rings. The van der Waals surface area contributed by atoms with Gasteiger partial charge in [0.05, 0.1) is 22.0 Å². The molecule has 2 aromatic carbocycles. The minimum absolute atomic E-state index is 0.0607. The van der Waals surface area contributed by atoms with Crippen LogP contribution in [0.1, 0.15) is 38.3 Å². The van der Waals surface area contributed by atoms with Gasteiger partial charge in [0.2, 0.25) is 21.8 Å². The zero-order chi connectivity index (χ0) is 25.6. The van der Waals surface area contributed by atoms with Gasteiger partial charge >= 0.3 is 0 Å². The quantitative estimate of drug-likeness (QED) is 0.495. The third kappa shape index (κ3) is 7.61. The second-order valence-electron chi connectivity index (χ2n) is 8.47. The Hall–Kier alpha value is -2.29. The van der Waals surface area contributed by atoms with Gasteiger partial charge in [0.25, 0.3) is 0 Å². The Morgan fingerprint density at radius 3 is 2.26 bits per heavy atom. The van der Waals surface area contributed by atoms with Crippen LogP contribution in [-0.4, -0.2) is 50.0 Å². The van der Waals surface area contributed by atoms with Crippen LogP contribution >= 0.6 is 23.2 Å². The molecular formula is C24H31Cl2N3O4S. The molecule has 0 heterocycles. The number of carbonyl (C=O) groups is 2. The molecule has 0 fully saturated rings. The predicted octanol–water partition coefficient (Wildman–Crippen LogP) is 4.40. The largest absolute Gasteiger partial charge is 0.352 e. The van der Waals surface area contributed by atoms with Gasteiger partial charge in [-0.15, -0.1) is 0 Å². The van der Waals surface area contributed by atoms with Crippen molar-refractivity contribution in [2.45, 2.75) is 52.7 Å². The highest BCUT2D eigenvalue weighted by molar-refractivity contribution is 7.92. The number of hydrogen-bond acceptors (Lipinski definition) is 4. The first-order valence-electron chi connectivity index (χ1n) is 10.9. The number of hydrogen-bond donors (Lipinski definition) is 1. The van der Waals surface area contributed by atoms with Crippen LogP contribution in [-0.2, 0) is 26.2 Å². The summed E-state index contributed by atoms with van der Waals surface area (Å²) >= 11 is 12.2. The molecule has 0 saturated heterocycles. The molecule has 7 nitrogen and oxygen atoms in total. The van der Waals surface area contributed by atoms with Gasteiger partial charge in [-0.1, -0.05) is 48.3 Å². The number of amides is 2. The number of rotatable bonds is 10. The summed E-state index contributed by atoms with van der Waals surface area (Å²) < 4.78 is 26.3. The molecule has 1 N–H and O–H groups in total. The Kier molecular flexibility index (Phi) is 9.79. The molecule has 0 saturated carbocycles. The summed E-state index contributed by atoms with van der Waals surface area (Å²) in [7, 11) is -3.77. The lowest BCUT2D eigenvalue weighted by atomic mass is 10.1. The van der Waals surface area contributed by atoms with Crippen molar-refractivity contribution in [2.75, 3.05) is 17.1 Å². The summed E-state index contributed by atoms with van der Waals surface area (Å²) in [6, 6.07) is 10.9. The summed E-state index contributed by atoms with van der Waals surface area (Å²) in [6.45, 7) is 6.91. The first kappa shape index (κ1) is 28.0. The SMILES string of the molecule is CCC(C(=O)NC(C)C)N(Cc1ccc(Cl)c(Cl)c1)C(=O)CN(c1cccc(C)c1)S(C)(=O)=O. The van der Waals surface area contributed by atoms with E-state index in [1.165, 1.54) is 4.90 Å². The van der Waals surface area contributed by atoms with Gasteiger partial charge in [-0.2, -0.15) is 0 Å². The zero-order valence-corrected chi connectivity index (χ0v) is 22.3. The van der Waals surface area contributed by atoms with Crippen LogP contribution in [0.15, 0.2) is 42.5 Å². The molecule has 0 aliphatic carbocycles. The van der Waals surface area contributed by atoms with Crippen molar-refractivity contribution in [2.24, 2.45) is 0 Å². The fourth-order valence-corrected chi connectivity index (χ4v) is 4.69. The van der Waals surface area contributed by atoms with E-state index < -0.39 is 28.5 Å². The molecule has 2 amide bonds. The summed E-state index contributed by atoms with van der Waals surface area (Å²) in [6.07, 6.45) is 1.39. The lowest BCUT2D eigenvalue weighted by Gasteiger charge is -2.33. The fourth-order valence-electron chi connectivity index (χ4n) is 3.53. The monoisotopic (exact) mass is 527 g/mol. The third-order valence-electron chi connectivity index (χ3n) is 5.12. The van der Waals surface area contributed by atoms with E-state index in [0.717, 1.165) is 16.1 Å². The van der Waals surface area contributed by atoms with Crippen LogP contribution < -0.4 is 9.62 Å². The van der Waals surface area contributed by atoms with Crippen LogP contribution in [0, 0.1) is 6.92 Å². The standard InChI is InChI=1S/C24H31Cl2N3O4S/c1-6-22(24(31)27-16(2)3)28(14-18-10-11-20(25)21(26)13-18)23(30)15-29(34(5,32)33)19-9-7-8-17(4)12-19/h7-13,16,22H,6,14-15H2,1-5H3,(H,27,31). The summed E-state index contributed by atoms with van der Waals surface area (Å²) in [5.41, 5.74) is 1.90. The molecular weight excluding hydrogens is 497 g/mol. The molecule has 186 valence electrons. The smallest absolute Gasteiger partial charge is 0.244 e. The number of nitrogens with zero attached hydrogens (tertiary/aromatic N) is 2. The van der Waals surface area contributed by atoms with Crippen LogP contribution in [0.5, 0.6) is 0 Å². The molecule has 1 unspecified atom stereocenters. The lowest BCUT2D eigenvalue weighted by molar-refractivity contribution is -0.140. The predicted molar refractivity (Wildman–Crippen MR) is 138 cm³/mol. The van der Waals surface area contributed by atoms with Gasteiger partial charge in [-0.05, 0) is 62.6 Å². The molecule has 0 bridgehead atoms. The number of sulfonamides is 1. The average Bonchev–Trinajstić information content (AvgIpc) is 2.72. The van der Waals surface area contributed by atoms with E-state index in [9.17, 15) is 18.0 Å². The van der Waals surface area contributed by atoms with Crippen LogP contribution in [0.2, 0.25) is 10.0 Å². The topological polar surface area (TPSA) is 86.8 Å². The summed E-state index contributed by atoms with van der Waals surface area (Å²) in [5.74, 6) is -0.823. The van der Waals surface area contributed by atoms with Gasteiger partial charge in [-0.25, -0.2) is 8.42 Å². The molecule has 2 aromatic rings. The van der Waals surface area contributed by atoms with Gasteiger partial charge in [0, 0.05) is 12.6 Å². The maximum absolute atomic E-state index is 13.6. The van der Waals surface area contributed by atoms with Gasteiger partial charge in [0.1, 0.15) is 12.6 Å². The number of benzene rings is 2. The van der Waals surface area contributed by atoms with E-state index in [4.69, 9.17) is 23.2 Å². The van der Waals surface area contributed by atoms with Crippen molar-refractivity contribution in [1.29, 1.82) is 0 Å². The van der Waals surface area contributed by atoms with Gasteiger partial charge < -0.3 is 10.2 Å². The van der Waals surface area contributed by atoms with Crippen LogP contribution in [0.25, 0.3) is 0 Å². The highest BCUT2D eigenvalue weighted by Gasteiger charge is 2.32. The maximum atomic E-state index is 13.6. The van der Waals surface area contributed by atoms with E-state index >= 15 is 0 Å². The first-order chi connectivity index (χ1) is 15.8. The van der Waals surface area contributed by atoms with Crippen molar-refractivity contribution in [3.63, 3.8) is 0 Å². The Morgan fingerprint density at radius 1 is 1.06 bits per heavy atom. The fraction of sp³-hybridized carbons (Fsp3) is 0.417. The average molecular weight is 529 g/mol. The Balaban J connectivity index is 2.46. The molecule has 0 radical (unpaired) electrons. The van der Waals surface area contributed by atoms with E-state index in [1.54, 1.807) is 43.3 Å². The minimum atomic E-state index is -3.77. The molecule has 2 rings (SSSR count). The first-order valence-corrected chi connectivity index (χ1v) is 13.5. The van der Waals surface area contributed by atoms with E-state index in [-0.39, 0.29) is 18.5 Å². The summed E-state index contributed by atoms with van der Waals surface area (Å²) in [4.78, 5) is 27.9. The highest BCUT2D eigenvalue weighted by atomic mass is 35.5. The third-order valence-corrected chi connectivity index (χ3v) is 7.00. The molecule has 34 heavy (non-hydrogen) atoms. The van der Waals surface area contributed by atoms with Crippen LogP contribution in [0.4, 0.5) is 5.69 Å². The summed E-state index contributed by atoms with van der Waals surface area (Å²) in [5, 5.41) is 3.54. The van der Waals surface area contributed by atoms with Crippen molar-refractivity contribution in [3.8, 4) is 0 Å². The molecule has 10 heteroatoms. The number of nitrogens with one attached hydrogen (secondary N) is 1. The van der Waals surface area contributed by atoms with E-state index in [0.29, 0.717) is 27.7 Å². The van der Waals surface area contributed by atoms with Crippen LogP contribution in [0.3, 0.4) is 0 Å². The Bertz CT molecular complexity index is 1140. The number of carbonyl (C=O) groups excluding carboxylic acids is 2. The molecule has 0 spiro atoms. The minimum Gasteiger partial charge on any atom is -0.352 e. The van der Waals surface area contributed by atoms with Crippen molar-refractivity contribution in [1.82, 2.24) is 10.2 Å². The normalized spacial score (nSPS) is 12.4. The van der Waals surface area contributed by atoms with E-state index in [2.05, 4.69) is 5.32 Å². The Labute approximate surface area is 212 Å².